The van der Waals surface area contributed by atoms with Gasteiger partial charge in [-0.25, -0.2) is 0 Å². The van der Waals surface area contributed by atoms with Crippen molar-refractivity contribution in [3.05, 3.63) is 58.1 Å². The molecule has 1 N–H and O–H groups in total. The lowest BCUT2D eigenvalue weighted by atomic mass is 10.2. The van der Waals surface area contributed by atoms with Crippen LogP contribution in [0.1, 0.15) is 5.56 Å². The van der Waals surface area contributed by atoms with Crippen molar-refractivity contribution in [1.82, 2.24) is 0 Å². The Morgan fingerprint density at radius 2 is 1.67 bits per heavy atom. The molecule has 0 unspecified atom stereocenters. The highest BCUT2D eigenvalue weighted by atomic mass is 35.5. The molecule has 0 heterocycles. The number of halogens is 3. The van der Waals surface area contributed by atoms with E-state index >= 15 is 0 Å². The van der Waals surface area contributed by atoms with Crippen LogP contribution >= 0.6 is 35.6 Å². The van der Waals surface area contributed by atoms with Gasteiger partial charge in [0.1, 0.15) is 16.5 Å². The molecule has 18 heavy (non-hydrogen) atoms. The standard InChI is InChI=1S/C13H9Cl2NO.ClH/c14-10-6-7-11(17)12(15)13(10)16-8-9-4-2-1-3-5-9;/h1-8,17H;1H/b16-8+;. The highest BCUT2D eigenvalue weighted by Crippen LogP contribution is 2.38. The average Bonchev–Trinajstić information content (AvgIpc) is 2.35. The quantitative estimate of drug-likeness (QED) is 0.789. The Hall–Kier alpha value is -1.22. The first-order valence-corrected chi connectivity index (χ1v) is 5.70. The van der Waals surface area contributed by atoms with Gasteiger partial charge in [-0.15, -0.1) is 12.4 Å². The first-order chi connectivity index (χ1) is 8.18. The Bertz CT molecular complexity index is 556. The Balaban J connectivity index is 0.00000162. The summed E-state index contributed by atoms with van der Waals surface area (Å²) in [4.78, 5) is 4.19. The predicted octanol–water partition coefficient (Wildman–Crippen LogP) is 4.87. The lowest BCUT2D eigenvalue weighted by Crippen LogP contribution is -1.80. The van der Waals surface area contributed by atoms with E-state index < -0.39 is 0 Å². The average molecular weight is 303 g/mol. The number of nitrogens with zero attached hydrogens (tertiary/aromatic N) is 1. The molecule has 0 radical (unpaired) electrons. The van der Waals surface area contributed by atoms with Gasteiger partial charge < -0.3 is 5.11 Å². The maximum atomic E-state index is 9.46. The van der Waals surface area contributed by atoms with Crippen LogP contribution < -0.4 is 0 Å². The predicted molar refractivity (Wildman–Crippen MR) is 79.1 cm³/mol. The van der Waals surface area contributed by atoms with Crippen molar-refractivity contribution >= 4 is 47.5 Å². The number of aliphatic imine (C=N–C) groups is 1. The van der Waals surface area contributed by atoms with E-state index in [4.69, 9.17) is 23.2 Å². The topological polar surface area (TPSA) is 32.6 Å². The second-order valence-electron chi connectivity index (χ2n) is 3.40. The largest absolute Gasteiger partial charge is 0.506 e. The molecule has 94 valence electrons. The monoisotopic (exact) mass is 301 g/mol. The molecule has 0 saturated heterocycles. The molecule has 2 aromatic carbocycles. The van der Waals surface area contributed by atoms with Gasteiger partial charge in [0.2, 0.25) is 0 Å². The molecule has 2 nitrogen and oxygen atoms in total. The fourth-order valence-electron chi connectivity index (χ4n) is 1.33. The van der Waals surface area contributed by atoms with Crippen molar-refractivity contribution in [2.45, 2.75) is 0 Å². The van der Waals surface area contributed by atoms with Crippen LogP contribution in [0.2, 0.25) is 10.0 Å². The van der Waals surface area contributed by atoms with Crippen molar-refractivity contribution in [3.63, 3.8) is 0 Å². The van der Waals surface area contributed by atoms with E-state index in [2.05, 4.69) is 4.99 Å². The first-order valence-electron chi connectivity index (χ1n) is 4.94. The van der Waals surface area contributed by atoms with Gasteiger partial charge >= 0.3 is 0 Å². The zero-order valence-electron chi connectivity index (χ0n) is 9.18. The van der Waals surface area contributed by atoms with E-state index in [1.807, 2.05) is 30.3 Å². The lowest BCUT2D eigenvalue weighted by molar-refractivity contribution is 0.476. The van der Waals surface area contributed by atoms with Gasteiger partial charge in [0.15, 0.2) is 0 Å². The fraction of sp³-hybridized carbons (Fsp3) is 0. The zero-order valence-corrected chi connectivity index (χ0v) is 11.5. The second-order valence-corrected chi connectivity index (χ2v) is 4.18. The summed E-state index contributed by atoms with van der Waals surface area (Å²) in [5.41, 5.74) is 1.31. The van der Waals surface area contributed by atoms with E-state index in [-0.39, 0.29) is 23.2 Å². The SMILES string of the molecule is Cl.Oc1ccc(Cl)c(/N=C/c2ccccc2)c1Cl. The molecule has 0 spiro atoms. The smallest absolute Gasteiger partial charge is 0.136 e. The van der Waals surface area contributed by atoms with Crippen LogP contribution in [0.15, 0.2) is 47.5 Å². The summed E-state index contributed by atoms with van der Waals surface area (Å²) in [7, 11) is 0. The Morgan fingerprint density at radius 1 is 1.00 bits per heavy atom. The van der Waals surface area contributed by atoms with Crippen molar-refractivity contribution in [2.24, 2.45) is 4.99 Å². The number of aromatic hydroxyl groups is 1. The van der Waals surface area contributed by atoms with E-state index in [1.54, 1.807) is 12.3 Å². The zero-order chi connectivity index (χ0) is 12.3. The van der Waals surface area contributed by atoms with Crippen LogP contribution in [-0.4, -0.2) is 11.3 Å². The molecule has 0 atom stereocenters. The minimum Gasteiger partial charge on any atom is -0.506 e. The Kier molecular flexibility index (Phi) is 5.48. The number of hydrogen-bond donors (Lipinski definition) is 1. The summed E-state index contributed by atoms with van der Waals surface area (Å²) < 4.78 is 0. The van der Waals surface area contributed by atoms with Crippen molar-refractivity contribution in [3.8, 4) is 5.75 Å². The van der Waals surface area contributed by atoms with Crippen LogP contribution in [0, 0.1) is 0 Å². The number of phenolic OH excluding ortho intramolecular Hbond substituents is 1. The molecule has 0 bridgehead atoms. The number of rotatable bonds is 2. The number of phenols is 1. The van der Waals surface area contributed by atoms with E-state index in [9.17, 15) is 5.11 Å². The molecular formula is C13H10Cl3NO. The Morgan fingerprint density at radius 3 is 2.33 bits per heavy atom. The first kappa shape index (κ1) is 14.8. The summed E-state index contributed by atoms with van der Waals surface area (Å²) in [5.74, 6) is -0.0312. The van der Waals surface area contributed by atoms with Gasteiger partial charge in [0.25, 0.3) is 0 Å². The molecule has 0 saturated carbocycles. The molecule has 0 amide bonds. The Labute approximate surface area is 121 Å². The van der Waals surface area contributed by atoms with E-state index in [1.165, 1.54) is 6.07 Å². The number of hydrogen-bond acceptors (Lipinski definition) is 2. The lowest BCUT2D eigenvalue weighted by Gasteiger charge is -2.03. The van der Waals surface area contributed by atoms with E-state index in [0.29, 0.717) is 10.7 Å². The van der Waals surface area contributed by atoms with Gasteiger partial charge in [0.05, 0.1) is 5.02 Å². The summed E-state index contributed by atoms with van der Waals surface area (Å²) in [6, 6.07) is 12.6. The van der Waals surface area contributed by atoms with Gasteiger partial charge in [-0.3, -0.25) is 4.99 Å². The highest BCUT2D eigenvalue weighted by molar-refractivity contribution is 6.39. The molecule has 2 aromatic rings. The highest BCUT2D eigenvalue weighted by Gasteiger charge is 2.08. The number of benzene rings is 2. The molecule has 0 aromatic heterocycles. The third-order valence-corrected chi connectivity index (χ3v) is 2.87. The summed E-state index contributed by atoms with van der Waals surface area (Å²) >= 11 is 11.9. The summed E-state index contributed by atoms with van der Waals surface area (Å²) in [6.07, 6.45) is 1.65. The minimum absolute atomic E-state index is 0. The third-order valence-electron chi connectivity index (χ3n) is 2.19. The maximum absolute atomic E-state index is 9.46. The van der Waals surface area contributed by atoms with Gasteiger partial charge in [-0.2, -0.15) is 0 Å². The van der Waals surface area contributed by atoms with Crippen molar-refractivity contribution in [2.75, 3.05) is 0 Å². The van der Waals surface area contributed by atoms with Gasteiger partial charge in [-0.1, -0.05) is 53.5 Å². The molecular weight excluding hydrogens is 293 g/mol. The normalized spacial score (nSPS) is 10.3. The van der Waals surface area contributed by atoms with Crippen molar-refractivity contribution < 1.29 is 5.11 Å². The van der Waals surface area contributed by atoms with Crippen LogP contribution in [0.5, 0.6) is 5.75 Å². The molecule has 0 aliphatic heterocycles. The maximum Gasteiger partial charge on any atom is 0.136 e. The van der Waals surface area contributed by atoms with Crippen LogP contribution in [0.25, 0.3) is 0 Å². The fourth-order valence-corrected chi connectivity index (χ4v) is 1.80. The van der Waals surface area contributed by atoms with E-state index in [0.717, 1.165) is 5.56 Å². The molecule has 5 heteroatoms. The van der Waals surface area contributed by atoms with Crippen LogP contribution in [0.3, 0.4) is 0 Å². The van der Waals surface area contributed by atoms with Crippen molar-refractivity contribution in [1.29, 1.82) is 0 Å². The van der Waals surface area contributed by atoms with Crippen LogP contribution in [0.4, 0.5) is 5.69 Å². The minimum atomic E-state index is -0.0312. The molecule has 2 rings (SSSR count). The molecule has 0 fully saturated rings. The van der Waals surface area contributed by atoms with Gasteiger partial charge in [0, 0.05) is 6.21 Å². The second kappa shape index (κ2) is 6.64. The molecule has 0 aliphatic carbocycles. The van der Waals surface area contributed by atoms with Gasteiger partial charge in [-0.05, 0) is 17.7 Å². The summed E-state index contributed by atoms with van der Waals surface area (Å²) in [5, 5.41) is 10.0. The summed E-state index contributed by atoms with van der Waals surface area (Å²) in [6.45, 7) is 0. The third kappa shape index (κ3) is 3.39. The van der Waals surface area contributed by atoms with Crippen LogP contribution in [-0.2, 0) is 0 Å². The molecule has 0 aliphatic rings.